The topological polar surface area (TPSA) is 37.5 Å². The summed E-state index contributed by atoms with van der Waals surface area (Å²) in [5, 5.41) is 6.53. The van der Waals surface area contributed by atoms with E-state index in [1.54, 1.807) is 0 Å². The maximum atomic E-state index is 6.15. The molecule has 0 saturated heterocycles. The van der Waals surface area contributed by atoms with Gasteiger partial charge in [0.15, 0.2) is 0 Å². The van der Waals surface area contributed by atoms with Crippen LogP contribution in [0.2, 0.25) is 0 Å². The molecule has 0 amide bonds. The van der Waals surface area contributed by atoms with Gasteiger partial charge in [0, 0.05) is 17.0 Å². The lowest BCUT2D eigenvalue weighted by atomic mass is 10.1. The van der Waals surface area contributed by atoms with Crippen molar-refractivity contribution in [2.75, 3.05) is 5.43 Å². The van der Waals surface area contributed by atoms with Crippen molar-refractivity contribution in [3.8, 4) is 11.3 Å². The summed E-state index contributed by atoms with van der Waals surface area (Å²) in [7, 11) is 0. The first-order valence-electron chi connectivity index (χ1n) is 8.80. The Morgan fingerprint density at radius 1 is 0.846 bits per heavy atom. The van der Waals surface area contributed by atoms with Crippen LogP contribution in [-0.2, 0) is 6.42 Å². The molecule has 0 radical (unpaired) electrons. The summed E-state index contributed by atoms with van der Waals surface area (Å²) in [6.45, 7) is 2.15. The van der Waals surface area contributed by atoms with E-state index in [-0.39, 0.29) is 0 Å². The Morgan fingerprint density at radius 3 is 2.31 bits per heavy atom. The fourth-order valence-corrected chi connectivity index (χ4v) is 2.91. The SMILES string of the molecule is CCc1ccc2oc(-c3ccccc3)c/c(=N/Nc3ccccc3)c2c1. The van der Waals surface area contributed by atoms with E-state index in [1.807, 2.05) is 72.8 Å². The average molecular weight is 340 g/mol. The summed E-state index contributed by atoms with van der Waals surface area (Å²) in [5.74, 6) is 0.802. The lowest BCUT2D eigenvalue weighted by Crippen LogP contribution is -2.07. The first-order valence-corrected chi connectivity index (χ1v) is 8.80. The van der Waals surface area contributed by atoms with Crippen molar-refractivity contribution in [2.45, 2.75) is 13.3 Å². The molecule has 0 aliphatic heterocycles. The molecule has 0 aliphatic carbocycles. The number of rotatable bonds is 4. The second kappa shape index (κ2) is 7.28. The minimum atomic E-state index is 0.802. The van der Waals surface area contributed by atoms with E-state index in [4.69, 9.17) is 4.42 Å². The van der Waals surface area contributed by atoms with Crippen molar-refractivity contribution in [3.05, 3.63) is 95.8 Å². The van der Waals surface area contributed by atoms with Crippen LogP contribution in [0.15, 0.2) is 94.4 Å². The Labute approximate surface area is 152 Å². The number of para-hydroxylation sites is 1. The van der Waals surface area contributed by atoms with E-state index in [1.165, 1.54) is 5.56 Å². The first-order chi connectivity index (χ1) is 12.8. The molecule has 4 aromatic rings. The molecular weight excluding hydrogens is 320 g/mol. The number of nitrogens with zero attached hydrogens (tertiary/aromatic N) is 1. The van der Waals surface area contributed by atoms with Crippen LogP contribution in [0.1, 0.15) is 12.5 Å². The largest absolute Gasteiger partial charge is 0.456 e. The van der Waals surface area contributed by atoms with E-state index in [0.717, 1.165) is 39.8 Å². The van der Waals surface area contributed by atoms with E-state index in [0.29, 0.717) is 0 Å². The van der Waals surface area contributed by atoms with Crippen molar-refractivity contribution >= 4 is 16.7 Å². The average Bonchev–Trinajstić information content (AvgIpc) is 2.73. The summed E-state index contributed by atoms with van der Waals surface area (Å²) >= 11 is 0. The number of nitrogens with one attached hydrogen (secondary N) is 1. The molecular formula is C23H20N2O. The molecule has 0 fully saturated rings. The lowest BCUT2D eigenvalue weighted by molar-refractivity contribution is 0.618. The second-order valence-corrected chi connectivity index (χ2v) is 6.14. The van der Waals surface area contributed by atoms with E-state index >= 15 is 0 Å². The van der Waals surface area contributed by atoms with Crippen LogP contribution in [-0.4, -0.2) is 0 Å². The molecule has 0 aliphatic rings. The maximum Gasteiger partial charge on any atom is 0.136 e. The third-order valence-corrected chi connectivity index (χ3v) is 4.35. The zero-order valence-electron chi connectivity index (χ0n) is 14.6. The fraction of sp³-hybridized carbons (Fsp3) is 0.0870. The van der Waals surface area contributed by atoms with E-state index in [9.17, 15) is 0 Å². The number of fused-ring (bicyclic) bond motifs is 1. The Morgan fingerprint density at radius 2 is 1.58 bits per heavy atom. The van der Waals surface area contributed by atoms with Crippen molar-refractivity contribution in [1.29, 1.82) is 0 Å². The van der Waals surface area contributed by atoms with Gasteiger partial charge in [0.1, 0.15) is 11.3 Å². The van der Waals surface area contributed by atoms with E-state index in [2.05, 4.69) is 29.6 Å². The van der Waals surface area contributed by atoms with Crippen LogP contribution >= 0.6 is 0 Å². The zero-order chi connectivity index (χ0) is 17.8. The van der Waals surface area contributed by atoms with Crippen LogP contribution in [0.5, 0.6) is 0 Å². The van der Waals surface area contributed by atoms with Crippen LogP contribution in [0.3, 0.4) is 0 Å². The smallest absolute Gasteiger partial charge is 0.136 e. The maximum absolute atomic E-state index is 6.15. The Bertz CT molecular complexity index is 1080. The van der Waals surface area contributed by atoms with Crippen LogP contribution < -0.4 is 10.8 Å². The van der Waals surface area contributed by atoms with Gasteiger partial charge in [-0.1, -0.05) is 61.5 Å². The molecule has 0 atom stereocenters. The van der Waals surface area contributed by atoms with Gasteiger partial charge in [0.25, 0.3) is 0 Å². The minimum absolute atomic E-state index is 0.802. The quantitative estimate of drug-likeness (QED) is 0.492. The molecule has 3 nitrogen and oxygen atoms in total. The molecule has 1 heterocycles. The molecule has 1 aromatic heterocycles. The Hall–Kier alpha value is -3.33. The Kier molecular flexibility index (Phi) is 4.52. The highest BCUT2D eigenvalue weighted by Crippen LogP contribution is 2.22. The number of benzene rings is 3. The molecule has 0 bridgehead atoms. The molecule has 4 rings (SSSR count). The highest BCUT2D eigenvalue weighted by Gasteiger charge is 2.06. The van der Waals surface area contributed by atoms with Crippen molar-refractivity contribution < 1.29 is 4.42 Å². The van der Waals surface area contributed by atoms with E-state index < -0.39 is 0 Å². The standard InChI is InChI=1S/C23H20N2O/c1-2-17-13-14-22-20(15-17)21(25-24-19-11-7-4-8-12-19)16-23(26-22)18-9-5-3-6-10-18/h3-16,24H,2H2,1H3/b25-21-. The number of anilines is 1. The van der Waals surface area contributed by atoms with Gasteiger partial charge in [-0.25, -0.2) is 0 Å². The predicted octanol–water partition coefficient (Wildman–Crippen LogP) is 5.59. The van der Waals surface area contributed by atoms with Gasteiger partial charge < -0.3 is 4.42 Å². The number of aryl methyl sites for hydroxylation is 1. The van der Waals surface area contributed by atoms with Crippen molar-refractivity contribution in [1.82, 2.24) is 0 Å². The van der Waals surface area contributed by atoms with Gasteiger partial charge in [-0.3, -0.25) is 5.43 Å². The predicted molar refractivity (Wildman–Crippen MR) is 107 cm³/mol. The summed E-state index contributed by atoms with van der Waals surface area (Å²) in [6, 6.07) is 28.3. The summed E-state index contributed by atoms with van der Waals surface area (Å²) in [4.78, 5) is 0. The van der Waals surface area contributed by atoms with Gasteiger partial charge >= 0.3 is 0 Å². The van der Waals surface area contributed by atoms with Gasteiger partial charge in [-0.05, 0) is 36.2 Å². The highest BCUT2D eigenvalue weighted by atomic mass is 16.3. The lowest BCUT2D eigenvalue weighted by Gasteiger charge is -2.07. The number of hydrogen-bond acceptors (Lipinski definition) is 3. The molecule has 0 saturated carbocycles. The fourth-order valence-electron chi connectivity index (χ4n) is 2.91. The second-order valence-electron chi connectivity index (χ2n) is 6.14. The molecule has 1 N–H and O–H groups in total. The van der Waals surface area contributed by atoms with Crippen LogP contribution in [0.25, 0.3) is 22.3 Å². The molecule has 0 unspecified atom stereocenters. The highest BCUT2D eigenvalue weighted by molar-refractivity contribution is 5.79. The zero-order valence-corrected chi connectivity index (χ0v) is 14.6. The van der Waals surface area contributed by atoms with Gasteiger partial charge in [0.2, 0.25) is 0 Å². The molecule has 3 heteroatoms. The molecule has 26 heavy (non-hydrogen) atoms. The van der Waals surface area contributed by atoms with Crippen molar-refractivity contribution in [3.63, 3.8) is 0 Å². The molecule has 3 aromatic carbocycles. The summed E-state index contributed by atoms with van der Waals surface area (Å²) in [6.07, 6.45) is 0.974. The Balaban J connectivity index is 1.89. The van der Waals surface area contributed by atoms with Gasteiger partial charge in [0.05, 0.1) is 11.0 Å². The first kappa shape index (κ1) is 16.2. The normalized spacial score (nSPS) is 11.7. The molecule has 0 spiro atoms. The van der Waals surface area contributed by atoms with Gasteiger partial charge in [-0.15, -0.1) is 0 Å². The third-order valence-electron chi connectivity index (χ3n) is 4.35. The summed E-state index contributed by atoms with van der Waals surface area (Å²) in [5.41, 5.74) is 7.23. The van der Waals surface area contributed by atoms with Crippen LogP contribution in [0, 0.1) is 0 Å². The minimum Gasteiger partial charge on any atom is -0.456 e. The van der Waals surface area contributed by atoms with Crippen molar-refractivity contribution in [2.24, 2.45) is 5.10 Å². The number of hydrogen-bond donors (Lipinski definition) is 1. The van der Waals surface area contributed by atoms with Crippen LogP contribution in [0.4, 0.5) is 5.69 Å². The monoisotopic (exact) mass is 340 g/mol. The van der Waals surface area contributed by atoms with Gasteiger partial charge in [-0.2, -0.15) is 5.10 Å². The molecule has 128 valence electrons. The summed E-state index contributed by atoms with van der Waals surface area (Å²) < 4.78 is 6.15. The third kappa shape index (κ3) is 3.38.